The summed E-state index contributed by atoms with van der Waals surface area (Å²) in [6, 6.07) is 19.3. The van der Waals surface area contributed by atoms with Crippen LogP contribution in [-0.4, -0.2) is 44.7 Å². The van der Waals surface area contributed by atoms with E-state index < -0.39 is 9.84 Å². The minimum Gasteiger partial charge on any atom is -0.326 e. The van der Waals surface area contributed by atoms with E-state index in [0.29, 0.717) is 41.1 Å². The topological polar surface area (TPSA) is 133 Å². The standard InChI is InChI=1S/C26H22N6O4S/c1-16-3-2-4-25(27-16)32-24(17-5-12-22-23(13-17)31-36-30-22)14-19(29-32)15-26(33)28-18-6-8-20(9-7-18)37(34,35)21-10-11-21/h2-9,12-14,21H,10-11,15H2,1H3,(H,28,33). The van der Waals surface area contributed by atoms with Gasteiger partial charge in [-0.25, -0.2) is 22.7 Å². The van der Waals surface area contributed by atoms with Gasteiger partial charge in [-0.2, -0.15) is 5.10 Å². The van der Waals surface area contributed by atoms with Crippen molar-refractivity contribution in [1.82, 2.24) is 25.1 Å². The van der Waals surface area contributed by atoms with Gasteiger partial charge in [-0.1, -0.05) is 12.1 Å². The first kappa shape index (κ1) is 23.0. The molecule has 0 saturated heterocycles. The maximum atomic E-state index is 12.8. The minimum absolute atomic E-state index is 0.0156. The number of nitrogens with one attached hydrogen (secondary N) is 1. The van der Waals surface area contributed by atoms with Gasteiger partial charge in [-0.15, -0.1) is 0 Å². The summed E-state index contributed by atoms with van der Waals surface area (Å²) in [5.74, 6) is 0.342. The fourth-order valence-electron chi connectivity index (χ4n) is 4.15. The zero-order chi connectivity index (χ0) is 25.6. The monoisotopic (exact) mass is 514 g/mol. The molecule has 1 amide bonds. The van der Waals surface area contributed by atoms with Gasteiger partial charge in [0.05, 0.1) is 28.0 Å². The van der Waals surface area contributed by atoms with Crippen LogP contribution in [0.5, 0.6) is 0 Å². The van der Waals surface area contributed by atoms with Crippen molar-refractivity contribution in [1.29, 1.82) is 0 Å². The van der Waals surface area contributed by atoms with Crippen LogP contribution in [0.15, 0.2) is 76.3 Å². The van der Waals surface area contributed by atoms with E-state index in [9.17, 15) is 13.2 Å². The fraction of sp³-hybridized carbons (Fsp3) is 0.192. The number of hydrogen-bond acceptors (Lipinski definition) is 8. The molecule has 0 aliphatic heterocycles. The number of fused-ring (bicyclic) bond motifs is 1. The van der Waals surface area contributed by atoms with Crippen molar-refractivity contribution in [2.24, 2.45) is 0 Å². The zero-order valence-electron chi connectivity index (χ0n) is 19.8. The number of aromatic nitrogens is 5. The molecule has 186 valence electrons. The number of carbonyl (C=O) groups is 1. The lowest BCUT2D eigenvalue weighted by Gasteiger charge is -2.07. The highest BCUT2D eigenvalue weighted by Gasteiger charge is 2.36. The van der Waals surface area contributed by atoms with Crippen LogP contribution in [0.3, 0.4) is 0 Å². The number of hydrogen-bond donors (Lipinski definition) is 1. The van der Waals surface area contributed by atoms with Gasteiger partial charge in [0.2, 0.25) is 5.91 Å². The number of anilines is 1. The third-order valence-corrected chi connectivity index (χ3v) is 8.45. The van der Waals surface area contributed by atoms with Crippen molar-refractivity contribution in [3.8, 4) is 17.1 Å². The molecule has 3 aromatic heterocycles. The van der Waals surface area contributed by atoms with Crippen LogP contribution in [0.1, 0.15) is 24.2 Å². The normalized spacial score (nSPS) is 13.6. The van der Waals surface area contributed by atoms with Crippen molar-refractivity contribution < 1.29 is 17.8 Å². The Labute approximate surface area is 212 Å². The molecular weight excluding hydrogens is 492 g/mol. The predicted octanol–water partition coefficient (Wildman–Crippen LogP) is 3.90. The van der Waals surface area contributed by atoms with E-state index in [0.717, 1.165) is 17.0 Å². The molecule has 0 bridgehead atoms. The van der Waals surface area contributed by atoms with Gasteiger partial charge >= 0.3 is 0 Å². The third kappa shape index (κ3) is 4.60. The number of sulfone groups is 1. The molecule has 0 atom stereocenters. The predicted molar refractivity (Wildman–Crippen MR) is 136 cm³/mol. The largest absolute Gasteiger partial charge is 0.326 e. The van der Waals surface area contributed by atoms with Crippen LogP contribution < -0.4 is 5.32 Å². The second kappa shape index (κ2) is 8.93. The Morgan fingerprint density at radius 2 is 1.81 bits per heavy atom. The van der Waals surface area contributed by atoms with Crippen LogP contribution in [0.2, 0.25) is 0 Å². The number of carbonyl (C=O) groups excluding carboxylic acids is 1. The lowest BCUT2D eigenvalue weighted by Crippen LogP contribution is -2.15. The quantitative estimate of drug-likeness (QED) is 0.346. The number of benzene rings is 2. The van der Waals surface area contributed by atoms with E-state index >= 15 is 0 Å². The zero-order valence-corrected chi connectivity index (χ0v) is 20.6. The molecule has 1 saturated carbocycles. The van der Waals surface area contributed by atoms with E-state index in [1.165, 1.54) is 12.1 Å². The number of rotatable bonds is 7. The second-order valence-electron chi connectivity index (χ2n) is 9.03. The maximum Gasteiger partial charge on any atom is 0.230 e. The van der Waals surface area contributed by atoms with Crippen molar-refractivity contribution in [3.05, 3.63) is 78.1 Å². The van der Waals surface area contributed by atoms with E-state index in [-0.39, 0.29) is 22.5 Å². The van der Waals surface area contributed by atoms with Crippen molar-refractivity contribution >= 4 is 32.5 Å². The fourth-order valence-corrected chi connectivity index (χ4v) is 5.81. The van der Waals surface area contributed by atoms with Gasteiger partial charge in [-0.3, -0.25) is 4.79 Å². The first-order chi connectivity index (χ1) is 17.9. The second-order valence-corrected chi connectivity index (χ2v) is 11.3. The van der Waals surface area contributed by atoms with Gasteiger partial charge < -0.3 is 5.32 Å². The third-order valence-electron chi connectivity index (χ3n) is 6.17. The highest BCUT2D eigenvalue weighted by molar-refractivity contribution is 7.92. The molecule has 10 nitrogen and oxygen atoms in total. The molecule has 0 radical (unpaired) electrons. The Bertz CT molecular complexity index is 1740. The summed E-state index contributed by atoms with van der Waals surface area (Å²) in [6.07, 6.45) is 1.43. The van der Waals surface area contributed by atoms with Crippen LogP contribution >= 0.6 is 0 Å². The van der Waals surface area contributed by atoms with Crippen LogP contribution in [0.4, 0.5) is 5.69 Å². The smallest absolute Gasteiger partial charge is 0.230 e. The molecule has 37 heavy (non-hydrogen) atoms. The van der Waals surface area contributed by atoms with Gasteiger partial charge in [0.15, 0.2) is 15.7 Å². The molecule has 6 rings (SSSR count). The van der Waals surface area contributed by atoms with E-state index in [1.807, 2.05) is 49.4 Å². The molecule has 1 fully saturated rings. The SMILES string of the molecule is Cc1cccc(-n2nc(CC(=O)Nc3ccc(S(=O)(=O)C4CC4)cc3)cc2-c2ccc3nonc3c2)n1. The molecule has 0 unspecified atom stereocenters. The highest BCUT2D eigenvalue weighted by atomic mass is 32.2. The number of amides is 1. The van der Waals surface area contributed by atoms with Gasteiger partial charge in [-0.05, 0) is 84.7 Å². The molecule has 0 spiro atoms. The van der Waals surface area contributed by atoms with Gasteiger partial charge in [0, 0.05) is 16.9 Å². The highest BCUT2D eigenvalue weighted by Crippen LogP contribution is 2.33. The number of pyridine rings is 1. The maximum absolute atomic E-state index is 12.8. The summed E-state index contributed by atoms with van der Waals surface area (Å²) in [5, 5.41) is 15.0. The lowest BCUT2D eigenvalue weighted by atomic mass is 10.1. The first-order valence-corrected chi connectivity index (χ1v) is 13.3. The molecule has 2 aromatic carbocycles. The molecular formula is C26H22N6O4S. The van der Waals surface area contributed by atoms with Crippen molar-refractivity contribution in [3.63, 3.8) is 0 Å². The molecule has 1 aliphatic rings. The number of aryl methyl sites for hydroxylation is 1. The molecule has 11 heteroatoms. The molecule has 1 aliphatic carbocycles. The van der Waals surface area contributed by atoms with Crippen molar-refractivity contribution in [2.75, 3.05) is 5.32 Å². The van der Waals surface area contributed by atoms with Crippen LogP contribution in [-0.2, 0) is 21.1 Å². The number of nitrogens with zero attached hydrogens (tertiary/aromatic N) is 5. The van der Waals surface area contributed by atoms with Crippen molar-refractivity contribution in [2.45, 2.75) is 36.3 Å². The summed E-state index contributed by atoms with van der Waals surface area (Å²) in [7, 11) is -3.27. The summed E-state index contributed by atoms with van der Waals surface area (Å²) in [4.78, 5) is 17.7. The summed E-state index contributed by atoms with van der Waals surface area (Å²) < 4.78 is 31.3. The molecule has 1 N–H and O–H groups in total. The van der Waals surface area contributed by atoms with Crippen LogP contribution in [0.25, 0.3) is 28.1 Å². The summed E-state index contributed by atoms with van der Waals surface area (Å²) >= 11 is 0. The minimum atomic E-state index is -3.27. The Morgan fingerprint density at radius 3 is 2.57 bits per heavy atom. The average Bonchev–Trinajstić information content (AvgIpc) is 3.51. The van der Waals surface area contributed by atoms with Gasteiger partial charge in [0.25, 0.3) is 0 Å². The Morgan fingerprint density at radius 1 is 1.03 bits per heavy atom. The lowest BCUT2D eigenvalue weighted by molar-refractivity contribution is -0.115. The average molecular weight is 515 g/mol. The molecule has 3 heterocycles. The van der Waals surface area contributed by atoms with Gasteiger partial charge in [0.1, 0.15) is 11.0 Å². The Kier molecular flexibility index (Phi) is 5.56. The molecule has 5 aromatic rings. The summed E-state index contributed by atoms with van der Waals surface area (Å²) in [5.41, 5.74) is 4.69. The van der Waals surface area contributed by atoms with E-state index in [1.54, 1.807) is 16.8 Å². The Hall–Kier alpha value is -4.38. The Balaban J connectivity index is 1.27. The first-order valence-electron chi connectivity index (χ1n) is 11.8. The van der Waals surface area contributed by atoms with E-state index in [4.69, 9.17) is 4.63 Å². The summed E-state index contributed by atoms with van der Waals surface area (Å²) in [6.45, 7) is 1.90. The van der Waals surface area contributed by atoms with Crippen LogP contribution in [0, 0.1) is 6.92 Å². The van der Waals surface area contributed by atoms with E-state index in [2.05, 4.69) is 25.7 Å².